The van der Waals surface area contributed by atoms with Crippen LogP contribution in [0.2, 0.25) is 0 Å². The smallest absolute Gasteiger partial charge is 0.143 e. The molecule has 2 aliphatic rings. The van der Waals surface area contributed by atoms with Gasteiger partial charge < -0.3 is 4.42 Å². The fourth-order valence-electron chi connectivity index (χ4n) is 6.80. The highest BCUT2D eigenvalue weighted by Crippen LogP contribution is 2.47. The SMILES string of the molecule is C1=CC2=C(CC1)c1ccccc1-n1c(cc3ccccc31)N2c1cccc(-c2cccc3c2oc2ccccc23)c1. The predicted octanol–water partition coefficient (Wildman–Crippen LogP) is 10.4. The Bertz CT molecular complexity index is 2220. The molecule has 0 spiro atoms. The molecule has 2 aromatic heterocycles. The number of benzene rings is 5. The molecule has 0 radical (unpaired) electrons. The Labute approximate surface area is 237 Å². The van der Waals surface area contributed by atoms with Crippen LogP contribution in [0.3, 0.4) is 0 Å². The molecule has 0 fully saturated rings. The highest BCUT2D eigenvalue weighted by Gasteiger charge is 2.29. The molecule has 7 aromatic rings. The molecule has 0 unspecified atom stereocenters. The van der Waals surface area contributed by atoms with Crippen LogP contribution in [0.1, 0.15) is 18.4 Å². The molecule has 9 rings (SSSR count). The summed E-state index contributed by atoms with van der Waals surface area (Å²) >= 11 is 0. The van der Waals surface area contributed by atoms with Crippen molar-refractivity contribution in [2.75, 3.05) is 4.90 Å². The molecule has 3 nitrogen and oxygen atoms in total. The Morgan fingerprint density at radius 1 is 0.659 bits per heavy atom. The lowest BCUT2D eigenvalue weighted by Crippen LogP contribution is -2.18. The fraction of sp³-hybridized carbons (Fsp3) is 0.0526. The van der Waals surface area contributed by atoms with Gasteiger partial charge in [-0.2, -0.15) is 0 Å². The van der Waals surface area contributed by atoms with Crippen LogP contribution in [0.15, 0.2) is 144 Å². The zero-order chi connectivity index (χ0) is 26.9. The minimum atomic E-state index is 0.919. The second-order valence-corrected chi connectivity index (χ2v) is 10.9. The molecule has 0 amide bonds. The highest BCUT2D eigenvalue weighted by atomic mass is 16.3. The van der Waals surface area contributed by atoms with Gasteiger partial charge in [0.05, 0.1) is 16.9 Å². The summed E-state index contributed by atoms with van der Waals surface area (Å²) in [6, 6.07) is 43.5. The number of aromatic nitrogens is 1. The third-order valence-electron chi connectivity index (χ3n) is 8.60. The summed E-state index contributed by atoms with van der Waals surface area (Å²) in [7, 11) is 0. The lowest BCUT2D eigenvalue weighted by Gasteiger charge is -2.28. The van der Waals surface area contributed by atoms with Crippen molar-refractivity contribution in [3.8, 4) is 16.8 Å². The van der Waals surface area contributed by atoms with Crippen LogP contribution in [0.4, 0.5) is 11.5 Å². The maximum Gasteiger partial charge on any atom is 0.143 e. The Balaban J connectivity index is 1.32. The van der Waals surface area contributed by atoms with E-state index in [-0.39, 0.29) is 0 Å². The quantitative estimate of drug-likeness (QED) is 0.223. The summed E-state index contributed by atoms with van der Waals surface area (Å²) < 4.78 is 8.86. The minimum absolute atomic E-state index is 0.919. The molecule has 0 N–H and O–H groups in total. The maximum atomic E-state index is 6.43. The first-order valence-electron chi connectivity index (χ1n) is 14.3. The Morgan fingerprint density at radius 2 is 1.46 bits per heavy atom. The van der Waals surface area contributed by atoms with Gasteiger partial charge in [0.2, 0.25) is 0 Å². The molecular formula is C38H26N2O. The molecule has 0 atom stereocenters. The summed E-state index contributed by atoms with van der Waals surface area (Å²) in [6.07, 6.45) is 6.69. The first-order chi connectivity index (χ1) is 20.3. The Kier molecular flexibility index (Phi) is 4.73. The van der Waals surface area contributed by atoms with E-state index in [1.54, 1.807) is 0 Å². The van der Waals surface area contributed by atoms with Crippen molar-refractivity contribution in [1.82, 2.24) is 4.57 Å². The van der Waals surface area contributed by atoms with Crippen molar-refractivity contribution in [2.24, 2.45) is 0 Å². The number of anilines is 2. The molecule has 1 aliphatic carbocycles. The zero-order valence-electron chi connectivity index (χ0n) is 22.4. The van der Waals surface area contributed by atoms with E-state index >= 15 is 0 Å². The molecule has 5 aromatic carbocycles. The average Bonchev–Trinajstić information content (AvgIpc) is 3.57. The van der Waals surface area contributed by atoms with Crippen molar-refractivity contribution in [2.45, 2.75) is 12.8 Å². The van der Waals surface area contributed by atoms with Crippen molar-refractivity contribution in [1.29, 1.82) is 0 Å². The van der Waals surface area contributed by atoms with Crippen LogP contribution in [0.5, 0.6) is 0 Å². The van der Waals surface area contributed by atoms with E-state index in [1.165, 1.54) is 33.4 Å². The molecule has 194 valence electrons. The Morgan fingerprint density at radius 3 is 2.46 bits per heavy atom. The number of fused-ring (bicyclic) bond motifs is 9. The van der Waals surface area contributed by atoms with Crippen LogP contribution < -0.4 is 4.90 Å². The zero-order valence-corrected chi connectivity index (χ0v) is 22.4. The lowest BCUT2D eigenvalue weighted by molar-refractivity contribution is 0.670. The molecule has 1 aliphatic heterocycles. The van der Waals surface area contributed by atoms with Crippen molar-refractivity contribution < 1.29 is 4.42 Å². The average molecular weight is 527 g/mol. The first-order valence-corrected chi connectivity index (χ1v) is 14.3. The van der Waals surface area contributed by atoms with Gasteiger partial charge in [-0.3, -0.25) is 9.47 Å². The number of nitrogens with zero attached hydrogens (tertiary/aromatic N) is 2. The summed E-state index contributed by atoms with van der Waals surface area (Å²) in [5.74, 6) is 1.15. The van der Waals surface area contributed by atoms with Gasteiger partial charge in [-0.05, 0) is 66.5 Å². The third-order valence-corrected chi connectivity index (χ3v) is 8.60. The molecule has 3 heterocycles. The number of para-hydroxylation sites is 4. The standard InChI is InChI=1S/C38H26N2O/c1-5-19-33-26(11-1)24-37-39(34-20-6-2-14-29(34)30-15-3-7-21-35(30)40(33)37)27-13-9-12-25(23-27)28-17-10-18-32-31-16-4-8-22-36(31)41-38(28)32/h1,3-13,15-24H,2,14H2. The lowest BCUT2D eigenvalue weighted by atomic mass is 9.93. The van der Waals surface area contributed by atoms with E-state index in [2.05, 4.69) is 131 Å². The minimum Gasteiger partial charge on any atom is -0.455 e. The highest BCUT2D eigenvalue weighted by molar-refractivity contribution is 6.09. The molecule has 3 heteroatoms. The molecule has 0 bridgehead atoms. The molecule has 41 heavy (non-hydrogen) atoms. The number of hydrogen-bond acceptors (Lipinski definition) is 2. The van der Waals surface area contributed by atoms with Gasteiger partial charge in [0, 0.05) is 33.0 Å². The Hall–Kier alpha value is -5.28. The van der Waals surface area contributed by atoms with Crippen molar-refractivity contribution in [3.63, 3.8) is 0 Å². The first kappa shape index (κ1) is 22.5. The number of rotatable bonds is 2. The van der Waals surface area contributed by atoms with Gasteiger partial charge in [-0.15, -0.1) is 0 Å². The van der Waals surface area contributed by atoms with E-state index in [1.807, 2.05) is 12.1 Å². The van der Waals surface area contributed by atoms with Gasteiger partial charge in [0.25, 0.3) is 0 Å². The predicted molar refractivity (Wildman–Crippen MR) is 170 cm³/mol. The topological polar surface area (TPSA) is 21.3 Å². The largest absolute Gasteiger partial charge is 0.455 e. The number of hydrogen-bond donors (Lipinski definition) is 0. The van der Waals surface area contributed by atoms with Gasteiger partial charge in [-0.25, -0.2) is 0 Å². The van der Waals surface area contributed by atoms with Crippen LogP contribution in [0, 0.1) is 0 Å². The summed E-state index contributed by atoms with van der Waals surface area (Å²) in [4.78, 5) is 2.45. The van der Waals surface area contributed by atoms with Crippen molar-refractivity contribution >= 4 is 49.9 Å². The van der Waals surface area contributed by atoms with Crippen LogP contribution in [-0.4, -0.2) is 4.57 Å². The molecule has 0 saturated carbocycles. The molecule has 0 saturated heterocycles. The van der Waals surface area contributed by atoms with Crippen LogP contribution in [-0.2, 0) is 0 Å². The summed E-state index contributed by atoms with van der Waals surface area (Å²) in [6.45, 7) is 0. The normalized spacial score (nSPS) is 14.4. The third kappa shape index (κ3) is 3.26. The molecular weight excluding hydrogens is 500 g/mol. The van der Waals surface area contributed by atoms with Gasteiger partial charge in [0.15, 0.2) is 0 Å². The van der Waals surface area contributed by atoms with E-state index in [9.17, 15) is 0 Å². The summed E-state index contributed by atoms with van der Waals surface area (Å²) in [5.41, 5.74) is 11.6. The van der Waals surface area contributed by atoms with Gasteiger partial charge in [0.1, 0.15) is 17.0 Å². The van der Waals surface area contributed by atoms with E-state index in [4.69, 9.17) is 4.42 Å². The monoisotopic (exact) mass is 526 g/mol. The number of allylic oxidation sites excluding steroid dienone is 3. The maximum absolute atomic E-state index is 6.43. The van der Waals surface area contributed by atoms with E-state index in [0.29, 0.717) is 0 Å². The van der Waals surface area contributed by atoms with Gasteiger partial charge >= 0.3 is 0 Å². The van der Waals surface area contributed by atoms with E-state index < -0.39 is 0 Å². The fourth-order valence-corrected chi connectivity index (χ4v) is 6.80. The second kappa shape index (κ2) is 8.61. The summed E-state index contributed by atoms with van der Waals surface area (Å²) in [5, 5.41) is 3.53. The number of furan rings is 1. The van der Waals surface area contributed by atoms with Crippen molar-refractivity contribution in [3.05, 3.63) is 145 Å². The second-order valence-electron chi connectivity index (χ2n) is 10.9. The van der Waals surface area contributed by atoms with Crippen LogP contribution >= 0.6 is 0 Å². The van der Waals surface area contributed by atoms with Gasteiger partial charge in [-0.1, -0.05) is 91.0 Å². The van der Waals surface area contributed by atoms with E-state index in [0.717, 1.165) is 57.4 Å². The van der Waals surface area contributed by atoms with Crippen LogP contribution in [0.25, 0.3) is 55.2 Å².